The van der Waals surface area contributed by atoms with Crippen molar-refractivity contribution in [1.82, 2.24) is 19.4 Å². The van der Waals surface area contributed by atoms with E-state index in [1.807, 2.05) is 43.3 Å². The van der Waals surface area contributed by atoms with E-state index in [1.54, 1.807) is 0 Å². The Morgan fingerprint density at radius 3 is 2.44 bits per heavy atom. The number of rotatable bonds is 11. The second kappa shape index (κ2) is 12.9. The minimum Gasteiger partial charge on any atom is -0.492 e. The molecule has 1 aliphatic rings. The first-order valence-corrected chi connectivity index (χ1v) is 14.5. The second-order valence-corrected chi connectivity index (χ2v) is 10.7. The lowest BCUT2D eigenvalue weighted by molar-refractivity contribution is 0.121. The summed E-state index contributed by atoms with van der Waals surface area (Å²) in [7, 11) is 0. The maximum Gasteiger partial charge on any atom is 0.141 e. The van der Waals surface area contributed by atoms with Gasteiger partial charge in [0, 0.05) is 55.9 Å². The van der Waals surface area contributed by atoms with Gasteiger partial charge in [-0.2, -0.15) is 0 Å². The Morgan fingerprint density at radius 1 is 0.846 bits per heavy atom. The molecule has 0 spiro atoms. The van der Waals surface area contributed by atoms with E-state index in [0.29, 0.717) is 11.6 Å². The van der Waals surface area contributed by atoms with Crippen LogP contribution in [-0.4, -0.2) is 65.2 Å². The normalized spacial score (nSPS) is 14.7. The van der Waals surface area contributed by atoms with Crippen LogP contribution in [0.1, 0.15) is 32.3 Å². The molecule has 2 heterocycles. The van der Waals surface area contributed by atoms with Crippen molar-refractivity contribution in [2.24, 2.45) is 0 Å². The van der Waals surface area contributed by atoms with Crippen LogP contribution in [-0.2, 0) is 6.54 Å². The van der Waals surface area contributed by atoms with Crippen molar-refractivity contribution >= 4 is 22.6 Å². The summed E-state index contributed by atoms with van der Waals surface area (Å²) in [6.07, 6.45) is 2.18. The van der Waals surface area contributed by atoms with E-state index in [4.69, 9.17) is 26.1 Å². The first-order chi connectivity index (χ1) is 19.0. The minimum absolute atomic E-state index is 0.666. The van der Waals surface area contributed by atoms with E-state index >= 15 is 0 Å². The number of aromatic nitrogens is 2. The first-order valence-electron chi connectivity index (χ1n) is 14.2. The minimum atomic E-state index is 0.666. The van der Waals surface area contributed by atoms with Crippen molar-refractivity contribution in [3.63, 3.8) is 0 Å². The number of piperazine rings is 1. The summed E-state index contributed by atoms with van der Waals surface area (Å²) in [5, 5.41) is 0.666. The zero-order valence-corrected chi connectivity index (χ0v) is 24.1. The molecule has 0 atom stereocenters. The predicted octanol–water partition coefficient (Wildman–Crippen LogP) is 7.27. The maximum absolute atomic E-state index is 6.24. The van der Waals surface area contributed by atoms with Crippen molar-refractivity contribution in [1.29, 1.82) is 0 Å². The van der Waals surface area contributed by atoms with E-state index in [-0.39, 0.29) is 0 Å². The third kappa shape index (κ3) is 6.93. The summed E-state index contributed by atoms with van der Waals surface area (Å²) < 4.78 is 14.7. The first kappa shape index (κ1) is 27.5. The van der Waals surface area contributed by atoms with Gasteiger partial charge in [-0.15, -0.1) is 0 Å². The highest BCUT2D eigenvalue weighted by atomic mass is 35.5. The van der Waals surface area contributed by atoms with Crippen LogP contribution < -0.4 is 9.47 Å². The molecule has 1 aliphatic heterocycles. The number of ether oxygens (including phenoxy) is 2. The average Bonchev–Trinajstić information content (AvgIpc) is 3.29. The van der Waals surface area contributed by atoms with Crippen LogP contribution in [0.5, 0.6) is 17.2 Å². The number of aryl methyl sites for hydroxylation is 2. The summed E-state index contributed by atoms with van der Waals surface area (Å²) >= 11 is 6.24. The Morgan fingerprint density at radius 2 is 1.67 bits per heavy atom. The van der Waals surface area contributed by atoms with Crippen molar-refractivity contribution in [2.45, 2.75) is 40.2 Å². The molecule has 206 valence electrons. The van der Waals surface area contributed by atoms with Crippen molar-refractivity contribution < 1.29 is 9.47 Å². The van der Waals surface area contributed by atoms with E-state index in [1.165, 1.54) is 0 Å². The van der Waals surface area contributed by atoms with Crippen LogP contribution >= 0.6 is 11.6 Å². The topological polar surface area (TPSA) is 42.8 Å². The zero-order valence-electron chi connectivity index (χ0n) is 23.3. The smallest absolute Gasteiger partial charge is 0.141 e. The molecule has 0 unspecified atom stereocenters. The Balaban J connectivity index is 1.35. The molecule has 6 nitrogen and oxygen atoms in total. The molecule has 4 aromatic rings. The molecule has 0 saturated carbocycles. The number of hydrogen-bond donors (Lipinski definition) is 0. The molecule has 0 radical (unpaired) electrons. The highest BCUT2D eigenvalue weighted by Crippen LogP contribution is 2.32. The van der Waals surface area contributed by atoms with Crippen molar-refractivity contribution in [2.75, 3.05) is 45.9 Å². The molecule has 7 heteroatoms. The number of hydrogen-bond acceptors (Lipinski definition) is 5. The Kier molecular flexibility index (Phi) is 9.07. The number of nitrogens with zero attached hydrogens (tertiary/aromatic N) is 4. The van der Waals surface area contributed by atoms with Gasteiger partial charge in [-0.3, -0.25) is 4.90 Å². The highest BCUT2D eigenvalue weighted by Gasteiger charge is 2.17. The summed E-state index contributed by atoms with van der Waals surface area (Å²) in [6.45, 7) is 14.7. The third-order valence-electron chi connectivity index (χ3n) is 7.39. The van der Waals surface area contributed by atoms with E-state index in [2.05, 4.69) is 52.5 Å². The van der Waals surface area contributed by atoms with Gasteiger partial charge in [0.15, 0.2) is 0 Å². The Hall–Kier alpha value is -3.06. The van der Waals surface area contributed by atoms with Crippen LogP contribution in [0.2, 0.25) is 5.02 Å². The van der Waals surface area contributed by atoms with Gasteiger partial charge in [-0.1, -0.05) is 44.0 Å². The number of imidazole rings is 1. The average molecular weight is 547 g/mol. The quantitative estimate of drug-likeness (QED) is 0.198. The van der Waals surface area contributed by atoms with E-state index < -0.39 is 0 Å². The molecule has 0 aliphatic carbocycles. The standard InChI is InChI=1S/C32H39ClN4O2/c1-4-6-12-37-31-23-27(38-18-17-36-15-13-35(5-2)14-16-36)10-11-30(31)34-32(37)25-8-7-9-28(21-25)39-29-20-24(3)19-26(33)22-29/h7-11,19-23H,4-6,12-18H2,1-3H3. The van der Waals surface area contributed by atoms with Crippen LogP contribution in [0.25, 0.3) is 22.4 Å². The summed E-state index contributed by atoms with van der Waals surface area (Å²) in [4.78, 5) is 10.0. The van der Waals surface area contributed by atoms with E-state index in [9.17, 15) is 0 Å². The Labute approximate surface area is 237 Å². The molecule has 0 amide bonds. The van der Waals surface area contributed by atoms with Gasteiger partial charge >= 0.3 is 0 Å². The molecule has 39 heavy (non-hydrogen) atoms. The van der Waals surface area contributed by atoms with Crippen LogP contribution in [0.3, 0.4) is 0 Å². The van der Waals surface area contributed by atoms with Gasteiger partial charge in [0.05, 0.1) is 11.0 Å². The molecule has 3 aromatic carbocycles. The number of benzene rings is 3. The van der Waals surface area contributed by atoms with Gasteiger partial charge in [-0.25, -0.2) is 4.98 Å². The Bertz CT molecular complexity index is 1370. The van der Waals surface area contributed by atoms with Crippen molar-refractivity contribution in [3.05, 3.63) is 71.2 Å². The van der Waals surface area contributed by atoms with Gasteiger partial charge in [0.1, 0.15) is 29.7 Å². The molecule has 0 bridgehead atoms. The molecule has 5 rings (SSSR count). The zero-order chi connectivity index (χ0) is 27.2. The summed E-state index contributed by atoms with van der Waals surface area (Å²) in [6, 6.07) is 20.1. The van der Waals surface area contributed by atoms with Crippen LogP contribution in [0, 0.1) is 6.92 Å². The fourth-order valence-corrected chi connectivity index (χ4v) is 5.45. The summed E-state index contributed by atoms with van der Waals surface area (Å²) in [5.74, 6) is 3.32. The molecule has 0 N–H and O–H groups in total. The fraction of sp³-hybridized carbons (Fsp3) is 0.406. The van der Waals surface area contributed by atoms with Crippen LogP contribution in [0.15, 0.2) is 60.7 Å². The van der Waals surface area contributed by atoms with Crippen LogP contribution in [0.4, 0.5) is 0 Å². The number of likely N-dealkylation sites (N-methyl/N-ethyl adjacent to an activating group) is 1. The lowest BCUT2D eigenvalue weighted by Gasteiger charge is -2.33. The lowest BCUT2D eigenvalue weighted by atomic mass is 10.2. The maximum atomic E-state index is 6.24. The van der Waals surface area contributed by atoms with E-state index in [0.717, 1.165) is 104 Å². The third-order valence-corrected chi connectivity index (χ3v) is 7.61. The van der Waals surface area contributed by atoms with Gasteiger partial charge in [0.2, 0.25) is 0 Å². The molecule has 1 fully saturated rings. The molecular formula is C32H39ClN4O2. The van der Waals surface area contributed by atoms with Gasteiger partial charge < -0.3 is 18.9 Å². The molecule has 1 saturated heterocycles. The summed E-state index contributed by atoms with van der Waals surface area (Å²) in [5.41, 5.74) is 4.16. The number of unbranched alkanes of at least 4 members (excludes halogenated alkanes) is 1. The fourth-order valence-electron chi connectivity index (χ4n) is 5.17. The van der Waals surface area contributed by atoms with Gasteiger partial charge in [-0.05, 0) is 67.9 Å². The monoisotopic (exact) mass is 546 g/mol. The molecule has 1 aromatic heterocycles. The van der Waals surface area contributed by atoms with Gasteiger partial charge in [0.25, 0.3) is 0 Å². The predicted molar refractivity (Wildman–Crippen MR) is 160 cm³/mol. The lowest BCUT2D eigenvalue weighted by Crippen LogP contribution is -2.47. The second-order valence-electron chi connectivity index (χ2n) is 10.3. The number of halogens is 1. The number of fused-ring (bicyclic) bond motifs is 1. The SMILES string of the molecule is CCCCn1c(-c2cccc(Oc3cc(C)cc(Cl)c3)c2)nc2ccc(OCCN3CCN(CC)CC3)cc21. The largest absolute Gasteiger partial charge is 0.492 e. The highest BCUT2D eigenvalue weighted by molar-refractivity contribution is 6.30. The van der Waals surface area contributed by atoms with Crippen molar-refractivity contribution in [3.8, 4) is 28.6 Å². The molecular weight excluding hydrogens is 508 g/mol.